The van der Waals surface area contributed by atoms with Crippen LogP contribution in [-0.4, -0.2) is 33.7 Å². The van der Waals surface area contributed by atoms with Crippen LogP contribution in [-0.2, 0) is 6.54 Å². The molecule has 1 atom stereocenters. The summed E-state index contributed by atoms with van der Waals surface area (Å²) in [5, 5.41) is 9.51. The van der Waals surface area contributed by atoms with Crippen molar-refractivity contribution < 1.29 is 0 Å². The van der Waals surface area contributed by atoms with E-state index in [9.17, 15) is 0 Å². The highest BCUT2D eigenvalue weighted by atomic mass is 32.1. The van der Waals surface area contributed by atoms with E-state index in [1.807, 2.05) is 12.4 Å². The standard InChI is InChI=1S/C21H20N4S/c1-13-9-22-21(26-13)15-5-6-18-17(7-15)11-25(2)12-19(18)14-3-4-16-10-23-24-20(16)8-14/h3-10,19H,11-12H2,1-2H3,(H,23,24). The van der Waals surface area contributed by atoms with Crippen LogP contribution in [0, 0.1) is 6.92 Å². The van der Waals surface area contributed by atoms with Gasteiger partial charge in [-0.05, 0) is 42.8 Å². The second-order valence-electron chi connectivity index (χ2n) is 7.16. The molecule has 0 bridgehead atoms. The average Bonchev–Trinajstić information content (AvgIpc) is 3.28. The molecule has 0 saturated carbocycles. The molecule has 4 nitrogen and oxygen atoms in total. The Kier molecular flexibility index (Phi) is 3.65. The molecule has 0 spiro atoms. The number of nitrogens with zero attached hydrogens (tertiary/aromatic N) is 3. The number of aryl methyl sites for hydroxylation is 1. The third-order valence-electron chi connectivity index (χ3n) is 5.19. The smallest absolute Gasteiger partial charge is 0.123 e. The van der Waals surface area contributed by atoms with E-state index in [0.29, 0.717) is 5.92 Å². The molecule has 1 N–H and O–H groups in total. The summed E-state index contributed by atoms with van der Waals surface area (Å²) in [4.78, 5) is 8.21. The number of rotatable bonds is 2. The van der Waals surface area contributed by atoms with Gasteiger partial charge in [-0.3, -0.25) is 5.10 Å². The van der Waals surface area contributed by atoms with E-state index >= 15 is 0 Å². The quantitative estimate of drug-likeness (QED) is 0.569. The Morgan fingerprint density at radius 1 is 1.15 bits per heavy atom. The first-order chi connectivity index (χ1) is 12.7. The highest BCUT2D eigenvalue weighted by Gasteiger charge is 2.25. The van der Waals surface area contributed by atoms with Crippen LogP contribution in [0.5, 0.6) is 0 Å². The monoisotopic (exact) mass is 360 g/mol. The topological polar surface area (TPSA) is 44.8 Å². The number of benzene rings is 2. The fraction of sp³-hybridized carbons (Fsp3) is 0.238. The van der Waals surface area contributed by atoms with Crippen molar-refractivity contribution in [2.45, 2.75) is 19.4 Å². The highest BCUT2D eigenvalue weighted by molar-refractivity contribution is 7.14. The van der Waals surface area contributed by atoms with Gasteiger partial charge in [0.1, 0.15) is 5.01 Å². The minimum Gasteiger partial charge on any atom is -0.301 e. The molecular weight excluding hydrogens is 340 g/mol. The lowest BCUT2D eigenvalue weighted by molar-refractivity contribution is 0.295. The van der Waals surface area contributed by atoms with Crippen LogP contribution in [0.1, 0.15) is 27.5 Å². The number of thiazole rings is 1. The first kappa shape index (κ1) is 15.7. The number of hydrogen-bond donors (Lipinski definition) is 1. The maximum Gasteiger partial charge on any atom is 0.123 e. The van der Waals surface area contributed by atoms with E-state index in [0.717, 1.165) is 29.0 Å². The largest absolute Gasteiger partial charge is 0.301 e. The number of H-pyrrole nitrogens is 1. The highest BCUT2D eigenvalue weighted by Crippen LogP contribution is 2.36. The van der Waals surface area contributed by atoms with Crippen molar-refractivity contribution in [3.8, 4) is 10.6 Å². The van der Waals surface area contributed by atoms with Gasteiger partial charge in [0.25, 0.3) is 0 Å². The minimum absolute atomic E-state index is 0.378. The fourth-order valence-corrected chi connectivity index (χ4v) is 4.69. The van der Waals surface area contributed by atoms with Crippen molar-refractivity contribution >= 4 is 22.2 Å². The van der Waals surface area contributed by atoms with Gasteiger partial charge in [-0.1, -0.05) is 24.3 Å². The van der Waals surface area contributed by atoms with E-state index in [-0.39, 0.29) is 0 Å². The van der Waals surface area contributed by atoms with Gasteiger partial charge in [0, 0.05) is 41.0 Å². The van der Waals surface area contributed by atoms with Gasteiger partial charge < -0.3 is 4.90 Å². The van der Waals surface area contributed by atoms with E-state index in [2.05, 4.69) is 70.5 Å². The van der Waals surface area contributed by atoms with Crippen molar-refractivity contribution in [1.82, 2.24) is 20.1 Å². The average molecular weight is 360 g/mol. The molecule has 1 unspecified atom stereocenters. The Balaban J connectivity index is 1.59. The SMILES string of the molecule is Cc1cnc(-c2ccc3c(c2)CN(C)CC3c2ccc3cn[nH]c3c2)s1. The predicted octanol–water partition coefficient (Wildman–Crippen LogP) is 4.57. The Hall–Kier alpha value is -2.50. The molecular formula is C21H20N4S. The summed E-state index contributed by atoms with van der Waals surface area (Å²) in [5.74, 6) is 0.378. The van der Waals surface area contributed by atoms with Crippen LogP contribution in [0.2, 0.25) is 0 Å². The zero-order valence-electron chi connectivity index (χ0n) is 14.9. The molecule has 1 aliphatic heterocycles. The van der Waals surface area contributed by atoms with Crippen molar-refractivity contribution in [2.24, 2.45) is 0 Å². The van der Waals surface area contributed by atoms with Crippen molar-refractivity contribution in [1.29, 1.82) is 0 Å². The summed E-state index contributed by atoms with van der Waals surface area (Å²) in [6, 6.07) is 13.5. The molecule has 4 aromatic rings. The first-order valence-electron chi connectivity index (χ1n) is 8.84. The molecule has 5 rings (SSSR count). The number of nitrogens with one attached hydrogen (secondary N) is 1. The molecule has 0 fully saturated rings. The van der Waals surface area contributed by atoms with Crippen molar-refractivity contribution in [2.75, 3.05) is 13.6 Å². The predicted molar refractivity (Wildman–Crippen MR) is 107 cm³/mol. The van der Waals surface area contributed by atoms with Gasteiger partial charge in [-0.15, -0.1) is 11.3 Å². The van der Waals surface area contributed by atoms with E-state index in [1.54, 1.807) is 11.3 Å². The van der Waals surface area contributed by atoms with Gasteiger partial charge in [-0.2, -0.15) is 5.10 Å². The molecule has 5 heteroatoms. The van der Waals surface area contributed by atoms with Crippen molar-refractivity contribution in [3.63, 3.8) is 0 Å². The third-order valence-corrected chi connectivity index (χ3v) is 6.15. The van der Waals surface area contributed by atoms with Crippen LogP contribution in [0.15, 0.2) is 48.8 Å². The third kappa shape index (κ3) is 2.64. The maximum absolute atomic E-state index is 4.55. The number of aromatic nitrogens is 3. The van der Waals surface area contributed by atoms with E-state index in [1.165, 1.54) is 27.1 Å². The Labute approximate surface area is 156 Å². The Bertz CT molecular complexity index is 1090. The van der Waals surface area contributed by atoms with E-state index < -0.39 is 0 Å². The second kappa shape index (κ2) is 6.04. The summed E-state index contributed by atoms with van der Waals surface area (Å²) in [6.45, 7) is 4.12. The van der Waals surface area contributed by atoms with Crippen LogP contribution < -0.4 is 0 Å². The minimum atomic E-state index is 0.378. The summed E-state index contributed by atoms with van der Waals surface area (Å²) in [6.07, 6.45) is 3.83. The maximum atomic E-state index is 4.55. The number of hydrogen-bond acceptors (Lipinski definition) is 4. The zero-order chi connectivity index (χ0) is 17.7. The van der Waals surface area contributed by atoms with Crippen LogP contribution in [0.3, 0.4) is 0 Å². The lowest BCUT2D eigenvalue weighted by atomic mass is 9.84. The Morgan fingerprint density at radius 2 is 2.08 bits per heavy atom. The lowest BCUT2D eigenvalue weighted by Gasteiger charge is -2.33. The number of likely N-dealkylation sites (N-methyl/N-ethyl adjacent to an activating group) is 1. The van der Waals surface area contributed by atoms with Crippen LogP contribution >= 0.6 is 11.3 Å². The summed E-state index contributed by atoms with van der Waals surface area (Å²) < 4.78 is 0. The molecule has 26 heavy (non-hydrogen) atoms. The molecule has 0 saturated heterocycles. The summed E-state index contributed by atoms with van der Waals surface area (Å²) in [7, 11) is 2.20. The number of aromatic amines is 1. The van der Waals surface area contributed by atoms with Gasteiger partial charge in [0.05, 0.1) is 11.7 Å². The molecule has 130 valence electrons. The molecule has 2 aromatic carbocycles. The number of fused-ring (bicyclic) bond motifs is 2. The van der Waals surface area contributed by atoms with Gasteiger partial charge in [-0.25, -0.2) is 4.98 Å². The molecule has 2 aromatic heterocycles. The zero-order valence-corrected chi connectivity index (χ0v) is 15.7. The van der Waals surface area contributed by atoms with E-state index in [4.69, 9.17) is 0 Å². The molecule has 0 amide bonds. The molecule has 0 radical (unpaired) electrons. The van der Waals surface area contributed by atoms with Gasteiger partial charge in [0.2, 0.25) is 0 Å². The van der Waals surface area contributed by atoms with Gasteiger partial charge in [0.15, 0.2) is 0 Å². The van der Waals surface area contributed by atoms with Gasteiger partial charge >= 0.3 is 0 Å². The molecule has 1 aliphatic rings. The summed E-state index contributed by atoms with van der Waals surface area (Å²) in [5.41, 5.74) is 6.50. The first-order valence-corrected chi connectivity index (χ1v) is 9.66. The lowest BCUT2D eigenvalue weighted by Crippen LogP contribution is -2.31. The van der Waals surface area contributed by atoms with Crippen LogP contribution in [0.4, 0.5) is 0 Å². The fourth-order valence-electron chi connectivity index (χ4n) is 3.93. The van der Waals surface area contributed by atoms with Crippen molar-refractivity contribution in [3.05, 3.63) is 70.4 Å². The second-order valence-corrected chi connectivity index (χ2v) is 8.39. The normalized spacial score (nSPS) is 17.5. The summed E-state index contributed by atoms with van der Waals surface area (Å²) >= 11 is 1.76. The van der Waals surface area contributed by atoms with Crippen LogP contribution in [0.25, 0.3) is 21.5 Å². The molecule has 0 aliphatic carbocycles. The Morgan fingerprint density at radius 3 is 2.92 bits per heavy atom. The molecule has 3 heterocycles.